The molecule has 0 saturated carbocycles. The summed E-state index contributed by atoms with van der Waals surface area (Å²) in [6.07, 6.45) is 0.957. The Kier molecular flexibility index (Phi) is 3.50. The van der Waals surface area contributed by atoms with E-state index in [2.05, 4.69) is 17.3 Å². The maximum atomic E-state index is 13.1. The van der Waals surface area contributed by atoms with E-state index in [0.717, 1.165) is 24.5 Å². The van der Waals surface area contributed by atoms with Crippen molar-refractivity contribution in [2.45, 2.75) is 26.8 Å². The normalized spacial score (nSPS) is 10.6. The first-order valence-electron chi connectivity index (χ1n) is 5.97. The molecule has 0 saturated heterocycles. The van der Waals surface area contributed by atoms with Gasteiger partial charge >= 0.3 is 0 Å². The Morgan fingerprint density at radius 1 is 1.44 bits per heavy atom. The van der Waals surface area contributed by atoms with E-state index in [4.69, 9.17) is 5.73 Å². The van der Waals surface area contributed by atoms with E-state index in [0.29, 0.717) is 11.4 Å². The lowest BCUT2D eigenvalue weighted by atomic mass is 10.3. The van der Waals surface area contributed by atoms with Gasteiger partial charge in [0.25, 0.3) is 0 Å². The third kappa shape index (κ3) is 2.45. The topological polar surface area (TPSA) is 55.9 Å². The molecule has 1 aromatic carbocycles. The molecule has 2 rings (SSSR count). The van der Waals surface area contributed by atoms with Crippen LogP contribution in [0, 0.1) is 12.7 Å². The van der Waals surface area contributed by atoms with E-state index >= 15 is 0 Å². The molecule has 0 amide bonds. The third-order valence-corrected chi connectivity index (χ3v) is 2.70. The second kappa shape index (κ2) is 5.08. The van der Waals surface area contributed by atoms with Gasteiger partial charge in [0.1, 0.15) is 5.82 Å². The van der Waals surface area contributed by atoms with Crippen molar-refractivity contribution in [3.8, 4) is 0 Å². The molecule has 3 N–H and O–H groups in total. The first-order chi connectivity index (χ1) is 8.61. The SMILES string of the molecule is CCCn1nc(C)c(N)c1Nc1cccc(F)c1. The van der Waals surface area contributed by atoms with E-state index in [1.807, 2.05) is 11.6 Å². The number of nitrogens with zero attached hydrogens (tertiary/aromatic N) is 2. The second-order valence-electron chi connectivity index (χ2n) is 4.21. The molecule has 96 valence electrons. The number of aromatic nitrogens is 2. The molecule has 0 aliphatic heterocycles. The zero-order chi connectivity index (χ0) is 13.1. The van der Waals surface area contributed by atoms with Gasteiger partial charge in [0.2, 0.25) is 0 Å². The summed E-state index contributed by atoms with van der Waals surface area (Å²) >= 11 is 0. The van der Waals surface area contributed by atoms with Gasteiger partial charge in [-0.15, -0.1) is 0 Å². The van der Waals surface area contributed by atoms with E-state index in [1.165, 1.54) is 12.1 Å². The highest BCUT2D eigenvalue weighted by molar-refractivity contribution is 5.71. The minimum atomic E-state index is -0.281. The first-order valence-corrected chi connectivity index (χ1v) is 5.97. The highest BCUT2D eigenvalue weighted by Crippen LogP contribution is 2.26. The highest BCUT2D eigenvalue weighted by atomic mass is 19.1. The summed E-state index contributed by atoms with van der Waals surface area (Å²) in [7, 11) is 0. The maximum absolute atomic E-state index is 13.1. The summed E-state index contributed by atoms with van der Waals surface area (Å²) in [5, 5.41) is 7.48. The summed E-state index contributed by atoms with van der Waals surface area (Å²) in [6.45, 7) is 4.70. The molecule has 0 aliphatic carbocycles. The summed E-state index contributed by atoms with van der Waals surface area (Å²) < 4.78 is 14.9. The van der Waals surface area contributed by atoms with Crippen LogP contribution in [0.25, 0.3) is 0 Å². The fourth-order valence-corrected chi connectivity index (χ4v) is 1.80. The predicted molar refractivity (Wildman–Crippen MR) is 71.4 cm³/mol. The van der Waals surface area contributed by atoms with Crippen LogP contribution in [0.3, 0.4) is 0 Å². The monoisotopic (exact) mass is 248 g/mol. The molecule has 0 unspecified atom stereocenters. The van der Waals surface area contributed by atoms with Crippen molar-refractivity contribution in [2.24, 2.45) is 0 Å². The van der Waals surface area contributed by atoms with Gasteiger partial charge < -0.3 is 11.1 Å². The molecule has 1 aromatic heterocycles. The molecule has 0 aliphatic rings. The van der Waals surface area contributed by atoms with E-state index in [9.17, 15) is 4.39 Å². The molecule has 0 atom stereocenters. The Morgan fingerprint density at radius 2 is 2.22 bits per heavy atom. The average molecular weight is 248 g/mol. The zero-order valence-electron chi connectivity index (χ0n) is 10.6. The lowest BCUT2D eigenvalue weighted by molar-refractivity contribution is 0.605. The van der Waals surface area contributed by atoms with Crippen LogP contribution in [-0.2, 0) is 6.54 Å². The molecule has 0 bridgehead atoms. The van der Waals surface area contributed by atoms with Crippen molar-refractivity contribution in [3.63, 3.8) is 0 Å². The molecular weight excluding hydrogens is 231 g/mol. The Labute approximate surface area is 106 Å². The molecule has 18 heavy (non-hydrogen) atoms. The van der Waals surface area contributed by atoms with E-state index < -0.39 is 0 Å². The minimum Gasteiger partial charge on any atom is -0.394 e. The number of hydrogen-bond acceptors (Lipinski definition) is 3. The number of anilines is 3. The molecule has 4 nitrogen and oxygen atoms in total. The second-order valence-corrected chi connectivity index (χ2v) is 4.21. The van der Waals surface area contributed by atoms with Crippen LogP contribution in [0.5, 0.6) is 0 Å². The van der Waals surface area contributed by atoms with E-state index in [-0.39, 0.29) is 5.82 Å². The van der Waals surface area contributed by atoms with Gasteiger partial charge in [-0.3, -0.25) is 0 Å². The van der Waals surface area contributed by atoms with Crippen LogP contribution < -0.4 is 11.1 Å². The predicted octanol–water partition coefficient (Wildman–Crippen LogP) is 3.07. The van der Waals surface area contributed by atoms with Crippen molar-refractivity contribution in [3.05, 3.63) is 35.8 Å². The number of hydrogen-bond donors (Lipinski definition) is 2. The lowest BCUT2D eigenvalue weighted by Crippen LogP contribution is -2.05. The largest absolute Gasteiger partial charge is 0.394 e. The Hall–Kier alpha value is -2.04. The molecule has 0 radical (unpaired) electrons. The fourth-order valence-electron chi connectivity index (χ4n) is 1.80. The van der Waals surface area contributed by atoms with Gasteiger partial charge in [-0.25, -0.2) is 9.07 Å². The number of benzene rings is 1. The van der Waals surface area contributed by atoms with Gasteiger partial charge in [0.15, 0.2) is 5.82 Å². The van der Waals surface area contributed by atoms with Crippen molar-refractivity contribution < 1.29 is 4.39 Å². The van der Waals surface area contributed by atoms with Crippen LogP contribution in [0.15, 0.2) is 24.3 Å². The number of aryl methyl sites for hydroxylation is 2. The number of nitrogen functional groups attached to an aromatic ring is 1. The number of nitrogens with two attached hydrogens (primary N) is 1. The van der Waals surface area contributed by atoms with Gasteiger partial charge in [-0.1, -0.05) is 13.0 Å². The Morgan fingerprint density at radius 3 is 2.89 bits per heavy atom. The van der Waals surface area contributed by atoms with Crippen molar-refractivity contribution >= 4 is 17.2 Å². The highest BCUT2D eigenvalue weighted by Gasteiger charge is 2.12. The smallest absolute Gasteiger partial charge is 0.152 e. The number of halogens is 1. The first kappa shape index (κ1) is 12.4. The summed E-state index contributed by atoms with van der Waals surface area (Å²) in [6, 6.07) is 6.28. The standard InChI is InChI=1S/C13H17FN4/c1-3-7-18-13(12(15)9(2)17-18)16-11-6-4-5-10(14)8-11/h4-6,8,16H,3,7,15H2,1-2H3. The Bertz CT molecular complexity index is 548. The van der Waals surface area contributed by atoms with Crippen LogP contribution in [-0.4, -0.2) is 9.78 Å². The van der Waals surface area contributed by atoms with E-state index in [1.54, 1.807) is 12.1 Å². The van der Waals surface area contributed by atoms with Gasteiger partial charge in [0.05, 0.1) is 11.4 Å². The van der Waals surface area contributed by atoms with Gasteiger partial charge in [0, 0.05) is 12.2 Å². The van der Waals surface area contributed by atoms with Crippen molar-refractivity contribution in [1.82, 2.24) is 9.78 Å². The summed E-state index contributed by atoms with van der Waals surface area (Å²) in [4.78, 5) is 0. The minimum absolute atomic E-state index is 0.281. The molecular formula is C13H17FN4. The number of rotatable bonds is 4. The van der Waals surface area contributed by atoms with Gasteiger partial charge in [-0.2, -0.15) is 5.10 Å². The number of nitrogens with one attached hydrogen (secondary N) is 1. The Balaban J connectivity index is 2.33. The molecule has 0 spiro atoms. The molecule has 0 fully saturated rings. The average Bonchev–Trinajstić information content (AvgIpc) is 2.58. The third-order valence-electron chi connectivity index (χ3n) is 2.70. The molecule has 5 heteroatoms. The van der Waals surface area contributed by atoms with Crippen LogP contribution in [0.4, 0.5) is 21.6 Å². The van der Waals surface area contributed by atoms with Crippen molar-refractivity contribution in [2.75, 3.05) is 11.1 Å². The summed E-state index contributed by atoms with van der Waals surface area (Å²) in [5.74, 6) is 0.441. The molecule has 1 heterocycles. The van der Waals surface area contributed by atoms with Crippen LogP contribution in [0.1, 0.15) is 19.0 Å². The van der Waals surface area contributed by atoms with Crippen molar-refractivity contribution in [1.29, 1.82) is 0 Å². The van der Waals surface area contributed by atoms with Gasteiger partial charge in [-0.05, 0) is 31.5 Å². The fraction of sp³-hybridized carbons (Fsp3) is 0.308. The zero-order valence-corrected chi connectivity index (χ0v) is 10.6. The maximum Gasteiger partial charge on any atom is 0.152 e. The lowest BCUT2D eigenvalue weighted by Gasteiger charge is -2.10. The molecule has 2 aromatic rings. The summed E-state index contributed by atoms with van der Waals surface area (Å²) in [5.41, 5.74) is 8.03. The van der Waals surface area contributed by atoms with Crippen LogP contribution >= 0.6 is 0 Å². The quantitative estimate of drug-likeness (QED) is 0.874. The van der Waals surface area contributed by atoms with Crippen LogP contribution in [0.2, 0.25) is 0 Å².